The molecule has 0 aliphatic carbocycles. The van der Waals surface area contributed by atoms with Gasteiger partial charge in [-0.15, -0.1) is 0 Å². The van der Waals surface area contributed by atoms with Gasteiger partial charge in [-0.2, -0.15) is 0 Å². The molecule has 0 saturated heterocycles. The predicted octanol–water partition coefficient (Wildman–Crippen LogP) is -5.97. The summed E-state index contributed by atoms with van der Waals surface area (Å²) in [5.41, 5.74) is 0. The maximum Gasteiger partial charge on any atom is 1.00 e. The van der Waals surface area contributed by atoms with Crippen LogP contribution in [0.5, 0.6) is 0 Å². The molecule has 0 fully saturated rings. The van der Waals surface area contributed by atoms with E-state index >= 15 is 0 Å². The maximum absolute atomic E-state index is 10.6. The fraction of sp³-hybridized carbons (Fsp3) is 0.667. The van der Waals surface area contributed by atoms with Crippen LogP contribution in [0.15, 0.2) is 0 Å². The Kier molecular flexibility index (Phi) is 9.64. The molecular weight excluding hydrogens is 207 g/mol. The molecule has 0 bridgehead atoms. The van der Waals surface area contributed by atoms with Gasteiger partial charge in [-0.3, -0.25) is 0 Å². The number of carbonyl (C=O) groups is 2. The van der Waals surface area contributed by atoms with Crippen molar-refractivity contribution in [2.75, 3.05) is 6.61 Å². The molecule has 13 heavy (non-hydrogen) atoms. The number of carbonyl (C=O) groups excluding carboxylic acids is 2. The van der Waals surface area contributed by atoms with Gasteiger partial charge in [0.25, 0.3) is 0 Å². The third-order valence-electron chi connectivity index (χ3n) is 1.07. The Bertz CT molecular complexity index is 182. The summed E-state index contributed by atoms with van der Waals surface area (Å²) in [7, 11) is 0. The average molecular weight is 216 g/mol. The molecule has 0 heterocycles. The maximum atomic E-state index is 10.6. The van der Waals surface area contributed by atoms with Crippen LogP contribution in [0.4, 0.5) is 0 Å². The van der Waals surface area contributed by atoms with Crippen LogP contribution >= 0.6 is 0 Å². The first-order valence-corrected chi connectivity index (χ1v) is 3.24. The smallest absolute Gasteiger partial charge is 0.547 e. The standard InChI is InChI=1S/C6H10O6.K/c1-2-12-6(11)4(8)3(7)5(9)10;/h3-4,7-8H,2H2,1H3,(H,9,10);/q;+1/p-1. The van der Waals surface area contributed by atoms with E-state index in [1.165, 1.54) is 6.92 Å². The van der Waals surface area contributed by atoms with Gasteiger partial charge in [0.2, 0.25) is 0 Å². The average Bonchev–Trinajstić information content (AvgIpc) is 2.02. The predicted molar refractivity (Wildman–Crippen MR) is 33.7 cm³/mol. The minimum absolute atomic E-state index is 0. The number of hydrogen-bond donors (Lipinski definition) is 2. The summed E-state index contributed by atoms with van der Waals surface area (Å²) in [6.07, 6.45) is -4.33. The van der Waals surface area contributed by atoms with Crippen molar-refractivity contribution in [3.05, 3.63) is 0 Å². The monoisotopic (exact) mass is 216 g/mol. The second-order valence-corrected chi connectivity index (χ2v) is 1.96. The summed E-state index contributed by atoms with van der Waals surface area (Å²) in [4.78, 5) is 20.5. The molecule has 70 valence electrons. The van der Waals surface area contributed by atoms with Gasteiger partial charge in [0, 0.05) is 0 Å². The second kappa shape index (κ2) is 7.86. The summed E-state index contributed by atoms with van der Waals surface area (Å²) in [6.45, 7) is 1.48. The quantitative estimate of drug-likeness (QED) is 0.358. The van der Waals surface area contributed by atoms with Gasteiger partial charge >= 0.3 is 57.4 Å². The Morgan fingerprint density at radius 2 is 1.85 bits per heavy atom. The second-order valence-electron chi connectivity index (χ2n) is 1.96. The van der Waals surface area contributed by atoms with E-state index in [4.69, 9.17) is 10.2 Å². The van der Waals surface area contributed by atoms with E-state index in [0.29, 0.717) is 0 Å². The number of esters is 1. The van der Waals surface area contributed by atoms with E-state index in [1.807, 2.05) is 0 Å². The summed E-state index contributed by atoms with van der Waals surface area (Å²) >= 11 is 0. The zero-order chi connectivity index (χ0) is 9.72. The first-order chi connectivity index (χ1) is 5.50. The zero-order valence-corrected chi connectivity index (χ0v) is 10.5. The van der Waals surface area contributed by atoms with Gasteiger partial charge in [-0.05, 0) is 6.92 Å². The molecule has 0 radical (unpaired) electrons. The molecule has 0 aromatic carbocycles. The number of hydrogen-bond acceptors (Lipinski definition) is 6. The third kappa shape index (κ3) is 5.73. The molecule has 2 atom stereocenters. The van der Waals surface area contributed by atoms with Crippen LogP contribution in [0.3, 0.4) is 0 Å². The van der Waals surface area contributed by atoms with Crippen LogP contribution in [0, 0.1) is 0 Å². The van der Waals surface area contributed by atoms with E-state index in [-0.39, 0.29) is 58.0 Å². The van der Waals surface area contributed by atoms with Crippen molar-refractivity contribution in [1.82, 2.24) is 0 Å². The number of ether oxygens (including phenoxy) is 1. The summed E-state index contributed by atoms with van der Waals surface area (Å²) in [6, 6.07) is 0. The van der Waals surface area contributed by atoms with Gasteiger partial charge in [0.15, 0.2) is 6.10 Å². The van der Waals surface area contributed by atoms with Crippen LogP contribution in [0.25, 0.3) is 0 Å². The van der Waals surface area contributed by atoms with E-state index in [1.54, 1.807) is 0 Å². The van der Waals surface area contributed by atoms with Crippen LogP contribution in [-0.4, -0.2) is 41.0 Å². The van der Waals surface area contributed by atoms with Crippen LogP contribution < -0.4 is 56.5 Å². The topological polar surface area (TPSA) is 107 Å². The Morgan fingerprint density at radius 3 is 2.15 bits per heavy atom. The SMILES string of the molecule is CCOC(=O)C(O)C(O)C(=O)[O-].[K+]. The van der Waals surface area contributed by atoms with Gasteiger partial charge in [0.05, 0.1) is 12.6 Å². The van der Waals surface area contributed by atoms with Crippen molar-refractivity contribution in [3.8, 4) is 0 Å². The summed E-state index contributed by atoms with van der Waals surface area (Å²) < 4.78 is 4.23. The van der Waals surface area contributed by atoms with Crippen molar-refractivity contribution in [2.45, 2.75) is 19.1 Å². The fourth-order valence-corrected chi connectivity index (χ4v) is 0.485. The molecule has 6 nitrogen and oxygen atoms in total. The Hall–Kier alpha value is 0.496. The van der Waals surface area contributed by atoms with Gasteiger partial charge < -0.3 is 24.9 Å². The minimum Gasteiger partial charge on any atom is -0.547 e. The largest absolute Gasteiger partial charge is 1.00 e. The van der Waals surface area contributed by atoms with Gasteiger partial charge in [0.1, 0.15) is 6.10 Å². The molecule has 0 aromatic rings. The van der Waals surface area contributed by atoms with Crippen molar-refractivity contribution in [2.24, 2.45) is 0 Å². The van der Waals surface area contributed by atoms with E-state index < -0.39 is 24.1 Å². The van der Waals surface area contributed by atoms with E-state index in [9.17, 15) is 14.7 Å². The van der Waals surface area contributed by atoms with Crippen LogP contribution in [0.1, 0.15) is 6.92 Å². The van der Waals surface area contributed by atoms with Crippen LogP contribution in [-0.2, 0) is 14.3 Å². The van der Waals surface area contributed by atoms with Crippen molar-refractivity contribution < 1.29 is 81.0 Å². The number of carboxylic acid groups (broad SMARTS) is 1. The Balaban J connectivity index is 0. The van der Waals surface area contributed by atoms with Crippen LogP contribution in [0.2, 0.25) is 0 Å². The first kappa shape index (κ1) is 15.9. The zero-order valence-electron chi connectivity index (χ0n) is 7.39. The molecule has 0 saturated carbocycles. The van der Waals surface area contributed by atoms with Crippen molar-refractivity contribution >= 4 is 11.9 Å². The molecule has 0 aliphatic rings. The molecule has 0 spiro atoms. The van der Waals surface area contributed by atoms with Crippen molar-refractivity contribution in [3.63, 3.8) is 0 Å². The molecule has 2 unspecified atom stereocenters. The molecular formula is C6H9KO6. The molecule has 0 aliphatic heterocycles. The molecule has 7 heteroatoms. The molecule has 0 rings (SSSR count). The number of aliphatic carboxylic acids is 1. The number of rotatable bonds is 4. The van der Waals surface area contributed by atoms with Gasteiger partial charge in [-0.25, -0.2) is 4.79 Å². The third-order valence-corrected chi connectivity index (χ3v) is 1.07. The molecule has 0 amide bonds. The first-order valence-electron chi connectivity index (χ1n) is 3.24. The summed E-state index contributed by atoms with van der Waals surface area (Å²) in [5.74, 6) is -3.11. The van der Waals surface area contributed by atoms with Gasteiger partial charge in [-0.1, -0.05) is 0 Å². The Labute approximate surface area is 117 Å². The van der Waals surface area contributed by atoms with E-state index in [2.05, 4.69) is 4.74 Å². The molecule has 2 N–H and O–H groups in total. The molecule has 0 aromatic heterocycles. The summed E-state index contributed by atoms with van der Waals surface area (Å²) in [5, 5.41) is 27.2. The minimum atomic E-state index is -2.25. The Morgan fingerprint density at radius 1 is 1.38 bits per heavy atom. The van der Waals surface area contributed by atoms with E-state index in [0.717, 1.165) is 0 Å². The number of aliphatic hydroxyl groups is 2. The normalized spacial score (nSPS) is 13.8. The fourth-order valence-electron chi connectivity index (χ4n) is 0.485. The number of carboxylic acids is 1. The number of aliphatic hydroxyl groups excluding tert-OH is 2. The van der Waals surface area contributed by atoms with Crippen molar-refractivity contribution in [1.29, 1.82) is 0 Å².